The van der Waals surface area contributed by atoms with Gasteiger partial charge in [0, 0.05) is 49.6 Å². The van der Waals surface area contributed by atoms with Gasteiger partial charge in [-0.2, -0.15) is 5.10 Å². The van der Waals surface area contributed by atoms with Crippen LogP contribution in [0.1, 0.15) is 94.1 Å². The number of carbonyl (C=O) groups excluding carboxylic acids is 4. The fourth-order valence-electron chi connectivity index (χ4n) is 10.5. The maximum atomic E-state index is 13.6. The summed E-state index contributed by atoms with van der Waals surface area (Å²) >= 11 is 1.43. The Balaban J connectivity index is 0.723. The van der Waals surface area contributed by atoms with E-state index in [-0.39, 0.29) is 42.3 Å². The van der Waals surface area contributed by atoms with E-state index < -0.39 is 11.9 Å². The molecule has 0 aliphatic carbocycles. The molecule has 3 aliphatic rings. The van der Waals surface area contributed by atoms with Crippen LogP contribution >= 0.6 is 11.3 Å². The van der Waals surface area contributed by atoms with Gasteiger partial charge in [0.2, 0.25) is 17.7 Å². The average molecular weight is 974 g/mol. The average Bonchev–Trinajstić information content (AvgIpc) is 3.94. The summed E-state index contributed by atoms with van der Waals surface area (Å²) in [6, 6.07) is 28.4. The number of aromatic nitrogens is 4. The molecule has 17 heteroatoms. The normalized spacial score (nSPS) is 17.2. The molecular weight excluding hydrogens is 919 g/mol. The first kappa shape index (κ1) is 47.2. The Kier molecular flexibility index (Phi) is 13.6. The van der Waals surface area contributed by atoms with Crippen LogP contribution in [0.25, 0.3) is 32.2 Å². The van der Waals surface area contributed by atoms with Crippen molar-refractivity contribution in [1.82, 2.24) is 30.0 Å². The maximum Gasteiger partial charge on any atom is 0.355 e. The summed E-state index contributed by atoms with van der Waals surface area (Å²) in [4.78, 5) is 77.8. The zero-order chi connectivity index (χ0) is 49.2. The Morgan fingerprint density at radius 3 is 2.58 bits per heavy atom. The Labute approximate surface area is 414 Å². The molecule has 4 aromatic carbocycles. The first-order valence-corrected chi connectivity index (χ1v) is 25.1. The number of rotatable bonds is 15. The van der Waals surface area contributed by atoms with Gasteiger partial charge in [-0.15, -0.1) is 0 Å². The number of pyridine rings is 1. The molecule has 2 fully saturated rings. The molecule has 2 unspecified atom stereocenters. The summed E-state index contributed by atoms with van der Waals surface area (Å²) < 4.78 is 9.01. The SMILES string of the molecule is Cc1c(OCCCCC2CCCN(CC(=O)Nc3cccc4c(C5CCC(=O)NC5=O)nn(C)c34)C2)cccc1-c1ccc(N2CCc3cccc(C(=O)Nc4nc5ccccc5s4)c3C2)nc1C(=O)O. The number of fused-ring (bicyclic) bond motifs is 3. The lowest BCUT2D eigenvalue weighted by Gasteiger charge is -2.32. The number of aryl methyl sites for hydroxylation is 1. The van der Waals surface area contributed by atoms with Gasteiger partial charge in [-0.25, -0.2) is 14.8 Å². The van der Waals surface area contributed by atoms with Gasteiger partial charge in [-0.3, -0.25) is 39.4 Å². The highest BCUT2D eigenvalue weighted by atomic mass is 32.1. The summed E-state index contributed by atoms with van der Waals surface area (Å²) in [6.45, 7) is 5.41. The second-order valence-electron chi connectivity index (χ2n) is 18.7. The Bertz CT molecular complexity index is 3190. The number of nitrogens with zero attached hydrogens (tertiary/aromatic N) is 6. The minimum Gasteiger partial charge on any atom is -0.493 e. The monoisotopic (exact) mass is 973 g/mol. The van der Waals surface area contributed by atoms with Crippen molar-refractivity contribution in [2.45, 2.75) is 70.8 Å². The van der Waals surface area contributed by atoms with E-state index in [4.69, 9.17) is 9.72 Å². The standard InChI is InChI=1S/C54H55N9O7S/c1-32-35(36-21-23-45(57-49(36)53(68)69)63-27-25-34-13-7-15-37(40(34)30-63)51(66)59-54-56-41-17-3-4-20-44(41)71-54)14-9-19-43(32)70-28-6-5-11-33-12-10-26-62(29-33)31-47(65)55-42-18-8-16-38-48(60-61(2)50(38)42)39-22-24-46(64)58-52(39)67/h3-4,7-9,13-21,23,33,39H,5-6,10-12,22,24-31H2,1-2H3,(H,55,65)(H,68,69)(H,56,59,66)(H,58,64,67). The zero-order valence-corrected chi connectivity index (χ0v) is 40.5. The van der Waals surface area contributed by atoms with E-state index in [9.17, 15) is 29.1 Å². The molecule has 7 aromatic rings. The van der Waals surface area contributed by atoms with Crippen LogP contribution in [0.3, 0.4) is 0 Å². The smallest absolute Gasteiger partial charge is 0.355 e. The number of amides is 4. The Morgan fingerprint density at radius 1 is 0.887 bits per heavy atom. The van der Waals surface area contributed by atoms with Crippen LogP contribution in [0.2, 0.25) is 0 Å². The highest BCUT2D eigenvalue weighted by molar-refractivity contribution is 7.22. The van der Waals surface area contributed by atoms with Gasteiger partial charge in [0.15, 0.2) is 10.8 Å². The molecule has 10 rings (SSSR count). The number of nitrogens with one attached hydrogen (secondary N) is 3. The number of ether oxygens (including phenoxy) is 1. The van der Waals surface area contributed by atoms with Gasteiger partial charge >= 0.3 is 5.97 Å². The maximum absolute atomic E-state index is 13.6. The molecule has 4 amide bonds. The Hall–Kier alpha value is -7.50. The van der Waals surface area contributed by atoms with Crippen LogP contribution in [0.15, 0.2) is 91.0 Å². The van der Waals surface area contributed by atoms with Gasteiger partial charge in [0.25, 0.3) is 5.91 Å². The molecule has 0 bridgehead atoms. The van der Waals surface area contributed by atoms with Crippen LogP contribution in [-0.4, -0.2) is 92.1 Å². The summed E-state index contributed by atoms with van der Waals surface area (Å²) in [6.07, 6.45) is 6.27. The number of thiazole rings is 1. The number of unbranched alkanes of at least 4 members (excludes halogenated alkanes) is 1. The Morgan fingerprint density at radius 2 is 1.73 bits per heavy atom. The molecule has 0 radical (unpaired) electrons. The van der Waals surface area contributed by atoms with Crippen molar-refractivity contribution in [1.29, 1.82) is 0 Å². The van der Waals surface area contributed by atoms with E-state index in [0.717, 1.165) is 88.6 Å². The molecule has 2 atom stereocenters. The van der Waals surface area contributed by atoms with E-state index >= 15 is 0 Å². The number of piperidine rings is 2. The molecule has 6 heterocycles. The fourth-order valence-corrected chi connectivity index (χ4v) is 11.3. The number of benzene rings is 4. The summed E-state index contributed by atoms with van der Waals surface area (Å²) in [5, 5.41) is 25.0. The van der Waals surface area contributed by atoms with Crippen molar-refractivity contribution in [2.75, 3.05) is 48.3 Å². The molecule has 364 valence electrons. The van der Waals surface area contributed by atoms with Crippen LogP contribution in [0, 0.1) is 12.8 Å². The van der Waals surface area contributed by atoms with E-state index in [1.54, 1.807) is 11.7 Å². The number of imide groups is 1. The van der Waals surface area contributed by atoms with E-state index in [1.165, 1.54) is 11.3 Å². The summed E-state index contributed by atoms with van der Waals surface area (Å²) in [7, 11) is 1.80. The molecule has 4 N–H and O–H groups in total. The minimum absolute atomic E-state index is 0.0548. The highest BCUT2D eigenvalue weighted by Gasteiger charge is 2.33. The van der Waals surface area contributed by atoms with Crippen molar-refractivity contribution in [2.24, 2.45) is 13.0 Å². The van der Waals surface area contributed by atoms with Crippen LogP contribution < -0.4 is 25.6 Å². The molecule has 71 heavy (non-hydrogen) atoms. The molecule has 0 spiro atoms. The topological polar surface area (TPSA) is 201 Å². The number of para-hydroxylation sites is 2. The van der Waals surface area contributed by atoms with Crippen molar-refractivity contribution in [3.8, 4) is 16.9 Å². The molecule has 3 aliphatic heterocycles. The minimum atomic E-state index is -1.13. The molecule has 16 nitrogen and oxygen atoms in total. The second kappa shape index (κ2) is 20.5. The lowest BCUT2D eigenvalue weighted by molar-refractivity contribution is -0.134. The van der Waals surface area contributed by atoms with Gasteiger partial charge in [0.05, 0.1) is 46.2 Å². The lowest BCUT2D eigenvalue weighted by Crippen LogP contribution is -2.40. The third-order valence-electron chi connectivity index (χ3n) is 14.0. The molecule has 3 aromatic heterocycles. The number of aromatic carboxylic acids is 1. The van der Waals surface area contributed by atoms with Gasteiger partial charge in [-0.05, 0) is 129 Å². The van der Waals surface area contributed by atoms with Crippen molar-refractivity contribution < 1.29 is 33.8 Å². The highest BCUT2D eigenvalue weighted by Crippen LogP contribution is 2.36. The van der Waals surface area contributed by atoms with Crippen LogP contribution in [0.4, 0.5) is 16.6 Å². The van der Waals surface area contributed by atoms with E-state index in [0.29, 0.717) is 77.7 Å². The third kappa shape index (κ3) is 10.1. The van der Waals surface area contributed by atoms with Crippen molar-refractivity contribution in [3.63, 3.8) is 0 Å². The summed E-state index contributed by atoms with van der Waals surface area (Å²) in [5.41, 5.74) is 7.31. The van der Waals surface area contributed by atoms with Crippen molar-refractivity contribution in [3.05, 3.63) is 125 Å². The molecule has 0 saturated carbocycles. The van der Waals surface area contributed by atoms with Gasteiger partial charge < -0.3 is 20.1 Å². The largest absolute Gasteiger partial charge is 0.493 e. The quantitative estimate of drug-likeness (QED) is 0.0565. The van der Waals surface area contributed by atoms with Gasteiger partial charge in [-0.1, -0.05) is 59.9 Å². The zero-order valence-electron chi connectivity index (χ0n) is 39.7. The number of carboxylic acid groups (broad SMARTS) is 1. The van der Waals surface area contributed by atoms with Crippen molar-refractivity contribution >= 4 is 78.7 Å². The number of anilines is 3. The molecule has 2 saturated heterocycles. The van der Waals surface area contributed by atoms with Crippen LogP contribution in [0.5, 0.6) is 5.75 Å². The predicted molar refractivity (Wildman–Crippen MR) is 273 cm³/mol. The molecular formula is C54H55N9O7S. The number of carbonyl (C=O) groups is 5. The summed E-state index contributed by atoms with van der Waals surface area (Å²) in [5.74, 6) is -0.960. The van der Waals surface area contributed by atoms with E-state index in [1.807, 2.05) is 103 Å². The second-order valence-corrected chi connectivity index (χ2v) is 19.7. The predicted octanol–water partition coefficient (Wildman–Crippen LogP) is 8.49. The first-order chi connectivity index (χ1) is 34.5. The number of hydrogen-bond donors (Lipinski definition) is 4. The number of carboxylic acids is 1. The first-order valence-electron chi connectivity index (χ1n) is 24.3. The number of likely N-dealkylation sites (tertiary alicyclic amines) is 1. The number of hydrogen-bond acceptors (Lipinski definition) is 12. The third-order valence-corrected chi connectivity index (χ3v) is 14.9. The lowest BCUT2D eigenvalue weighted by atomic mass is 9.92. The van der Waals surface area contributed by atoms with Crippen LogP contribution in [-0.2, 0) is 34.4 Å². The fraction of sp³-hybridized carbons (Fsp3) is 0.333. The van der Waals surface area contributed by atoms with Gasteiger partial charge in [0.1, 0.15) is 11.6 Å². The van der Waals surface area contributed by atoms with E-state index in [2.05, 4.69) is 30.9 Å².